The van der Waals surface area contributed by atoms with E-state index in [4.69, 9.17) is 4.74 Å². The highest BCUT2D eigenvalue weighted by Crippen LogP contribution is 2.25. The lowest BCUT2D eigenvalue weighted by Gasteiger charge is -2.27. The molecule has 5 heteroatoms. The van der Waals surface area contributed by atoms with E-state index in [0.29, 0.717) is 13.0 Å². The zero-order valence-corrected chi connectivity index (χ0v) is 11.5. The van der Waals surface area contributed by atoms with Gasteiger partial charge in [0.25, 0.3) is 6.43 Å². The minimum absolute atomic E-state index is 0.0369. The van der Waals surface area contributed by atoms with Crippen LogP contribution in [0.5, 0.6) is 0 Å². The molecule has 106 valence electrons. The lowest BCUT2D eigenvalue weighted by atomic mass is 9.99. The molecule has 0 amide bonds. The van der Waals surface area contributed by atoms with Crippen molar-refractivity contribution in [1.29, 1.82) is 0 Å². The van der Waals surface area contributed by atoms with E-state index in [1.807, 2.05) is 27.7 Å². The number of carbonyl (C=O) groups excluding carboxylic acids is 1. The molecule has 0 radical (unpaired) electrons. The predicted molar refractivity (Wildman–Crippen MR) is 65.8 cm³/mol. The Kier molecular flexibility index (Phi) is 5.66. The van der Waals surface area contributed by atoms with Crippen molar-refractivity contribution < 1.29 is 18.3 Å². The molecule has 0 aliphatic carbocycles. The SMILES string of the molecule is CC(C)C(=O)[C@@H]1C[C@@H](OCC(F)F)CN1C(C)C. The number of ketones is 1. The molecule has 0 spiro atoms. The maximum atomic E-state index is 12.1. The Morgan fingerprint density at radius 2 is 1.94 bits per heavy atom. The van der Waals surface area contributed by atoms with Crippen molar-refractivity contribution in [2.24, 2.45) is 5.92 Å². The minimum Gasteiger partial charge on any atom is -0.371 e. The van der Waals surface area contributed by atoms with Crippen LogP contribution < -0.4 is 0 Å². The van der Waals surface area contributed by atoms with Crippen LogP contribution in [0.3, 0.4) is 0 Å². The molecule has 1 saturated heterocycles. The van der Waals surface area contributed by atoms with Crippen LogP contribution in [-0.4, -0.2) is 48.4 Å². The molecule has 0 aromatic heterocycles. The van der Waals surface area contributed by atoms with Crippen molar-refractivity contribution in [1.82, 2.24) is 4.90 Å². The average molecular weight is 263 g/mol. The summed E-state index contributed by atoms with van der Waals surface area (Å²) in [6.07, 6.45) is -2.17. The van der Waals surface area contributed by atoms with Crippen LogP contribution >= 0.6 is 0 Å². The lowest BCUT2D eigenvalue weighted by molar-refractivity contribution is -0.126. The normalized spacial score (nSPS) is 25.6. The van der Waals surface area contributed by atoms with Gasteiger partial charge < -0.3 is 4.74 Å². The zero-order chi connectivity index (χ0) is 13.9. The first kappa shape index (κ1) is 15.5. The summed E-state index contributed by atoms with van der Waals surface area (Å²) < 4.78 is 29.4. The number of carbonyl (C=O) groups is 1. The number of nitrogens with zero attached hydrogens (tertiary/aromatic N) is 1. The summed E-state index contributed by atoms with van der Waals surface area (Å²) in [5.41, 5.74) is 0. The molecule has 18 heavy (non-hydrogen) atoms. The molecule has 2 atom stereocenters. The van der Waals surface area contributed by atoms with Gasteiger partial charge >= 0.3 is 0 Å². The summed E-state index contributed by atoms with van der Waals surface area (Å²) in [7, 11) is 0. The third-order valence-corrected chi connectivity index (χ3v) is 3.32. The smallest absolute Gasteiger partial charge is 0.261 e. The largest absolute Gasteiger partial charge is 0.371 e. The number of rotatable bonds is 6. The first-order valence-electron chi connectivity index (χ1n) is 6.52. The summed E-state index contributed by atoms with van der Waals surface area (Å²) >= 11 is 0. The minimum atomic E-state index is -2.45. The number of likely N-dealkylation sites (tertiary alicyclic amines) is 1. The Bertz CT molecular complexity index is 282. The molecule has 0 aromatic carbocycles. The Hall–Kier alpha value is -0.550. The highest BCUT2D eigenvalue weighted by atomic mass is 19.3. The van der Waals surface area contributed by atoms with Gasteiger partial charge in [-0.05, 0) is 20.3 Å². The van der Waals surface area contributed by atoms with Gasteiger partial charge in [0.15, 0.2) is 5.78 Å². The standard InChI is InChI=1S/C13H23F2NO2/c1-8(2)13(17)11-5-10(18-7-12(14)15)6-16(11)9(3)4/h8-12H,5-7H2,1-4H3/t10-,11+/m1/s1. The number of ether oxygens (including phenoxy) is 1. The van der Waals surface area contributed by atoms with E-state index in [9.17, 15) is 13.6 Å². The maximum absolute atomic E-state index is 12.1. The number of alkyl halides is 2. The van der Waals surface area contributed by atoms with Crippen molar-refractivity contribution in [3.63, 3.8) is 0 Å². The van der Waals surface area contributed by atoms with Crippen molar-refractivity contribution in [3.05, 3.63) is 0 Å². The Balaban J connectivity index is 2.62. The summed E-state index contributed by atoms with van der Waals surface area (Å²) in [6.45, 7) is 7.78. The average Bonchev–Trinajstić information content (AvgIpc) is 2.69. The van der Waals surface area contributed by atoms with Crippen molar-refractivity contribution in [2.75, 3.05) is 13.2 Å². The molecular weight excluding hydrogens is 240 g/mol. The van der Waals surface area contributed by atoms with E-state index in [1.165, 1.54) is 0 Å². The molecule has 1 heterocycles. The van der Waals surface area contributed by atoms with Gasteiger partial charge in [0.2, 0.25) is 0 Å². The van der Waals surface area contributed by atoms with Crippen LogP contribution in [0, 0.1) is 5.92 Å². The molecule has 0 saturated carbocycles. The van der Waals surface area contributed by atoms with E-state index in [1.54, 1.807) is 0 Å². The quantitative estimate of drug-likeness (QED) is 0.736. The highest BCUT2D eigenvalue weighted by molar-refractivity contribution is 5.86. The molecule has 3 nitrogen and oxygen atoms in total. The van der Waals surface area contributed by atoms with Crippen LogP contribution in [0.4, 0.5) is 8.78 Å². The van der Waals surface area contributed by atoms with Crippen LogP contribution in [0.1, 0.15) is 34.1 Å². The number of Topliss-reactive ketones (excluding diaryl/α,β-unsaturated/α-hetero) is 1. The molecule has 1 aliphatic heterocycles. The molecule has 1 fully saturated rings. The second-order valence-electron chi connectivity index (χ2n) is 5.45. The van der Waals surface area contributed by atoms with E-state index in [-0.39, 0.29) is 29.9 Å². The first-order chi connectivity index (χ1) is 8.32. The second kappa shape index (κ2) is 6.57. The molecule has 0 bridgehead atoms. The van der Waals surface area contributed by atoms with Gasteiger partial charge in [-0.15, -0.1) is 0 Å². The molecule has 1 aliphatic rings. The number of hydrogen-bond acceptors (Lipinski definition) is 3. The Labute approximate surface area is 107 Å². The van der Waals surface area contributed by atoms with E-state index < -0.39 is 13.0 Å². The highest BCUT2D eigenvalue weighted by Gasteiger charge is 2.39. The topological polar surface area (TPSA) is 29.5 Å². The van der Waals surface area contributed by atoms with E-state index in [2.05, 4.69) is 4.90 Å². The molecule has 0 unspecified atom stereocenters. The van der Waals surface area contributed by atoms with Crippen LogP contribution in [0.2, 0.25) is 0 Å². The molecule has 1 rings (SSSR count). The van der Waals surface area contributed by atoms with Gasteiger partial charge in [-0.25, -0.2) is 8.78 Å². The Morgan fingerprint density at radius 3 is 2.39 bits per heavy atom. The molecule has 0 N–H and O–H groups in total. The van der Waals surface area contributed by atoms with E-state index in [0.717, 1.165) is 0 Å². The zero-order valence-electron chi connectivity index (χ0n) is 11.5. The van der Waals surface area contributed by atoms with Gasteiger partial charge in [-0.3, -0.25) is 9.69 Å². The fraction of sp³-hybridized carbons (Fsp3) is 0.923. The molecule has 0 aromatic rings. The van der Waals surface area contributed by atoms with Gasteiger partial charge in [0, 0.05) is 18.5 Å². The van der Waals surface area contributed by atoms with E-state index >= 15 is 0 Å². The Morgan fingerprint density at radius 1 is 1.33 bits per heavy atom. The lowest BCUT2D eigenvalue weighted by Crippen LogP contribution is -2.42. The molecular formula is C13H23F2NO2. The van der Waals surface area contributed by atoms with Crippen LogP contribution in [0.15, 0.2) is 0 Å². The number of hydrogen-bond donors (Lipinski definition) is 0. The number of halogens is 2. The first-order valence-corrected chi connectivity index (χ1v) is 6.52. The van der Waals surface area contributed by atoms with Gasteiger partial charge in [0.05, 0.1) is 12.1 Å². The van der Waals surface area contributed by atoms with Gasteiger partial charge in [-0.2, -0.15) is 0 Å². The van der Waals surface area contributed by atoms with Crippen molar-refractivity contribution in [2.45, 2.75) is 58.7 Å². The third-order valence-electron chi connectivity index (χ3n) is 3.32. The summed E-state index contributed by atoms with van der Waals surface area (Å²) in [4.78, 5) is 14.2. The second-order valence-corrected chi connectivity index (χ2v) is 5.45. The fourth-order valence-electron chi connectivity index (χ4n) is 2.39. The predicted octanol–water partition coefficient (Wildman–Crippen LogP) is 2.34. The fourth-order valence-corrected chi connectivity index (χ4v) is 2.39. The maximum Gasteiger partial charge on any atom is 0.261 e. The summed E-state index contributed by atoms with van der Waals surface area (Å²) in [5, 5.41) is 0. The van der Waals surface area contributed by atoms with Crippen molar-refractivity contribution in [3.8, 4) is 0 Å². The van der Waals surface area contributed by atoms with Crippen molar-refractivity contribution >= 4 is 5.78 Å². The van der Waals surface area contributed by atoms with Crippen LogP contribution in [-0.2, 0) is 9.53 Å². The van der Waals surface area contributed by atoms with Gasteiger partial charge in [-0.1, -0.05) is 13.8 Å². The third kappa shape index (κ3) is 3.99. The summed E-state index contributed by atoms with van der Waals surface area (Å²) in [5.74, 6) is 0.136. The monoisotopic (exact) mass is 263 g/mol. The van der Waals surface area contributed by atoms with Gasteiger partial charge in [0.1, 0.15) is 6.61 Å². The van der Waals surface area contributed by atoms with Crippen LogP contribution in [0.25, 0.3) is 0 Å². The summed E-state index contributed by atoms with van der Waals surface area (Å²) in [6, 6.07) is 0.0329.